The number of likely N-dealkylation sites (tertiary alicyclic amines) is 1. The molecule has 102 valence electrons. The first-order valence-corrected chi connectivity index (χ1v) is 7.17. The molecule has 1 N–H and O–H groups in total. The van der Waals surface area contributed by atoms with E-state index < -0.39 is 12.0 Å². The minimum absolute atomic E-state index is 0.210. The number of piperidine rings is 1. The van der Waals surface area contributed by atoms with Gasteiger partial charge in [-0.25, -0.2) is 4.79 Å². The molecule has 0 aliphatic carbocycles. The van der Waals surface area contributed by atoms with Crippen LogP contribution in [0.1, 0.15) is 29.0 Å². The van der Waals surface area contributed by atoms with E-state index in [1.165, 1.54) is 15.9 Å². The smallest absolute Gasteiger partial charge is 0.326 e. The van der Waals surface area contributed by atoms with Crippen LogP contribution >= 0.6 is 11.3 Å². The lowest BCUT2D eigenvalue weighted by Crippen LogP contribution is -2.47. The Morgan fingerprint density at radius 1 is 1.42 bits per heavy atom. The van der Waals surface area contributed by atoms with Crippen molar-refractivity contribution in [2.75, 3.05) is 6.54 Å². The summed E-state index contributed by atoms with van der Waals surface area (Å²) in [6, 6.07) is 3.28. The fourth-order valence-corrected chi connectivity index (χ4v) is 3.02. The normalized spacial score (nSPS) is 19.8. The van der Waals surface area contributed by atoms with Crippen LogP contribution < -0.4 is 0 Å². The van der Waals surface area contributed by atoms with Crippen LogP contribution in [0.3, 0.4) is 0 Å². The van der Waals surface area contributed by atoms with Gasteiger partial charge < -0.3 is 10.0 Å². The molecule has 1 atom stereocenters. The van der Waals surface area contributed by atoms with Gasteiger partial charge in [0, 0.05) is 22.4 Å². The van der Waals surface area contributed by atoms with Crippen molar-refractivity contribution in [1.82, 2.24) is 4.90 Å². The Balaban J connectivity index is 2.05. The van der Waals surface area contributed by atoms with Crippen molar-refractivity contribution in [3.05, 3.63) is 28.0 Å². The second kappa shape index (κ2) is 6.02. The maximum absolute atomic E-state index is 12.1. The van der Waals surface area contributed by atoms with Crippen LogP contribution in [0.25, 0.3) is 6.08 Å². The summed E-state index contributed by atoms with van der Waals surface area (Å²) in [5.74, 6) is -1.12. The van der Waals surface area contributed by atoms with Crippen molar-refractivity contribution >= 4 is 29.3 Å². The van der Waals surface area contributed by atoms with E-state index in [0.717, 1.165) is 17.7 Å². The summed E-state index contributed by atoms with van der Waals surface area (Å²) >= 11 is 1.61. The molecular formula is C14H17NO3S. The Kier molecular flexibility index (Phi) is 4.37. The van der Waals surface area contributed by atoms with Gasteiger partial charge in [-0.2, -0.15) is 0 Å². The molecule has 0 bridgehead atoms. The minimum atomic E-state index is -0.909. The standard InChI is InChI=1S/C14H17NO3S/c1-10-5-6-11(19-10)7-8-13(16)15-9-3-2-4-12(15)14(17)18/h5-8,12H,2-4,9H2,1H3,(H,17,18)/b8-7-/t12-/m1/s1. The summed E-state index contributed by atoms with van der Waals surface area (Å²) in [5, 5.41) is 9.13. The van der Waals surface area contributed by atoms with Gasteiger partial charge in [-0.1, -0.05) is 0 Å². The number of hydrogen-bond donors (Lipinski definition) is 1. The van der Waals surface area contributed by atoms with Gasteiger partial charge in [0.15, 0.2) is 0 Å². The SMILES string of the molecule is Cc1ccc(/C=C\C(=O)N2CCCC[C@@H]2C(=O)O)s1. The van der Waals surface area contributed by atoms with Gasteiger partial charge in [0.25, 0.3) is 0 Å². The summed E-state index contributed by atoms with van der Waals surface area (Å²) < 4.78 is 0. The number of rotatable bonds is 3. The Hall–Kier alpha value is -1.62. The summed E-state index contributed by atoms with van der Waals surface area (Å²) in [7, 11) is 0. The predicted molar refractivity (Wildman–Crippen MR) is 75.1 cm³/mol. The third kappa shape index (κ3) is 3.44. The molecule has 19 heavy (non-hydrogen) atoms. The van der Waals surface area contributed by atoms with Crippen LogP contribution in [-0.4, -0.2) is 34.5 Å². The van der Waals surface area contributed by atoms with Gasteiger partial charge in [0.1, 0.15) is 6.04 Å². The van der Waals surface area contributed by atoms with E-state index in [2.05, 4.69) is 0 Å². The van der Waals surface area contributed by atoms with E-state index in [9.17, 15) is 9.59 Å². The Bertz CT molecular complexity index is 507. The fraction of sp³-hybridized carbons (Fsp3) is 0.429. The first-order valence-electron chi connectivity index (χ1n) is 6.36. The predicted octanol–water partition coefficient (Wildman–Crippen LogP) is 2.54. The number of nitrogens with zero attached hydrogens (tertiary/aromatic N) is 1. The average molecular weight is 279 g/mol. The fourth-order valence-electron chi connectivity index (χ4n) is 2.24. The van der Waals surface area contributed by atoms with Gasteiger partial charge in [-0.3, -0.25) is 4.79 Å². The molecule has 1 aromatic heterocycles. The number of carboxylic acid groups (broad SMARTS) is 1. The monoisotopic (exact) mass is 279 g/mol. The largest absolute Gasteiger partial charge is 0.480 e. The molecule has 0 radical (unpaired) electrons. The molecule has 1 fully saturated rings. The summed E-state index contributed by atoms with van der Waals surface area (Å²) in [6.07, 6.45) is 5.53. The zero-order valence-electron chi connectivity index (χ0n) is 10.8. The molecule has 0 saturated carbocycles. The summed E-state index contributed by atoms with van der Waals surface area (Å²) in [6.45, 7) is 2.54. The molecular weight excluding hydrogens is 262 g/mol. The molecule has 1 aromatic rings. The van der Waals surface area contributed by atoms with E-state index in [1.54, 1.807) is 17.4 Å². The quantitative estimate of drug-likeness (QED) is 0.865. The van der Waals surface area contributed by atoms with Gasteiger partial charge in [-0.05, 0) is 44.4 Å². The highest BCUT2D eigenvalue weighted by atomic mass is 32.1. The molecule has 1 aliphatic rings. The zero-order valence-corrected chi connectivity index (χ0v) is 11.7. The summed E-state index contributed by atoms with van der Waals surface area (Å²) in [4.78, 5) is 26.9. The van der Waals surface area contributed by atoms with Crippen LogP contribution in [0.5, 0.6) is 0 Å². The van der Waals surface area contributed by atoms with Crippen molar-refractivity contribution in [1.29, 1.82) is 0 Å². The minimum Gasteiger partial charge on any atom is -0.480 e. The lowest BCUT2D eigenvalue weighted by molar-refractivity contribution is -0.150. The van der Waals surface area contributed by atoms with E-state index in [-0.39, 0.29) is 5.91 Å². The number of aryl methyl sites for hydroxylation is 1. The number of amides is 1. The molecule has 0 aromatic carbocycles. The molecule has 1 aliphatic heterocycles. The van der Waals surface area contributed by atoms with E-state index in [4.69, 9.17) is 5.11 Å². The van der Waals surface area contributed by atoms with Crippen molar-refractivity contribution in [2.45, 2.75) is 32.2 Å². The maximum atomic E-state index is 12.1. The van der Waals surface area contributed by atoms with Gasteiger partial charge in [-0.15, -0.1) is 11.3 Å². The lowest BCUT2D eigenvalue weighted by Gasteiger charge is -2.32. The van der Waals surface area contributed by atoms with E-state index in [0.29, 0.717) is 13.0 Å². The number of aliphatic carboxylic acids is 1. The lowest BCUT2D eigenvalue weighted by atomic mass is 10.0. The number of carbonyl (C=O) groups excluding carboxylic acids is 1. The van der Waals surface area contributed by atoms with Crippen molar-refractivity contribution < 1.29 is 14.7 Å². The first-order chi connectivity index (χ1) is 9.08. The molecule has 0 spiro atoms. The van der Waals surface area contributed by atoms with Gasteiger partial charge in [0.05, 0.1) is 0 Å². The van der Waals surface area contributed by atoms with E-state index in [1.807, 2.05) is 19.1 Å². The molecule has 2 heterocycles. The summed E-state index contributed by atoms with van der Waals surface area (Å²) in [5.41, 5.74) is 0. The topological polar surface area (TPSA) is 57.6 Å². The second-order valence-corrected chi connectivity index (χ2v) is 5.98. The van der Waals surface area contributed by atoms with Crippen LogP contribution in [0.15, 0.2) is 18.2 Å². The Morgan fingerprint density at radius 2 is 2.21 bits per heavy atom. The van der Waals surface area contributed by atoms with Crippen molar-refractivity contribution in [3.8, 4) is 0 Å². The number of carbonyl (C=O) groups is 2. The second-order valence-electron chi connectivity index (χ2n) is 4.66. The highest BCUT2D eigenvalue weighted by molar-refractivity contribution is 7.12. The molecule has 5 heteroatoms. The molecule has 2 rings (SSSR count). The molecule has 1 saturated heterocycles. The first kappa shape index (κ1) is 13.8. The number of hydrogen-bond acceptors (Lipinski definition) is 3. The van der Waals surface area contributed by atoms with Crippen LogP contribution in [0.4, 0.5) is 0 Å². The van der Waals surface area contributed by atoms with Crippen molar-refractivity contribution in [2.24, 2.45) is 0 Å². The van der Waals surface area contributed by atoms with Gasteiger partial charge in [0.2, 0.25) is 5.91 Å². The molecule has 4 nitrogen and oxygen atoms in total. The third-order valence-electron chi connectivity index (χ3n) is 3.22. The zero-order chi connectivity index (χ0) is 13.8. The Labute approximate surface area is 116 Å². The third-order valence-corrected chi connectivity index (χ3v) is 4.19. The Morgan fingerprint density at radius 3 is 2.84 bits per heavy atom. The average Bonchev–Trinajstić information content (AvgIpc) is 2.81. The molecule has 1 amide bonds. The number of carboxylic acids is 1. The van der Waals surface area contributed by atoms with Crippen molar-refractivity contribution in [3.63, 3.8) is 0 Å². The highest BCUT2D eigenvalue weighted by Crippen LogP contribution is 2.19. The molecule has 0 unspecified atom stereocenters. The van der Waals surface area contributed by atoms with Crippen LogP contribution in [0, 0.1) is 6.92 Å². The van der Waals surface area contributed by atoms with Crippen LogP contribution in [0.2, 0.25) is 0 Å². The van der Waals surface area contributed by atoms with Crippen LogP contribution in [-0.2, 0) is 9.59 Å². The maximum Gasteiger partial charge on any atom is 0.326 e. The van der Waals surface area contributed by atoms with Gasteiger partial charge >= 0.3 is 5.97 Å². The van der Waals surface area contributed by atoms with E-state index >= 15 is 0 Å². The highest BCUT2D eigenvalue weighted by Gasteiger charge is 2.30. The number of thiophene rings is 1.